The molecule has 3 fully saturated rings. The Morgan fingerprint density at radius 3 is 2.72 bits per heavy atom. The van der Waals surface area contributed by atoms with Gasteiger partial charge in [-0.25, -0.2) is 0 Å². The summed E-state index contributed by atoms with van der Waals surface area (Å²) in [5.41, 5.74) is 5.46. The first-order valence-electron chi connectivity index (χ1n) is 13.9. The lowest BCUT2D eigenvalue weighted by Crippen LogP contribution is -2.41. The van der Waals surface area contributed by atoms with Crippen LogP contribution in [-0.4, -0.2) is 22.9 Å². The van der Waals surface area contributed by atoms with Gasteiger partial charge in [0, 0.05) is 0 Å². The smallest absolute Gasteiger partial charge is 0.0752 e. The molecular formula is C30H48O2. The van der Waals surface area contributed by atoms with Gasteiger partial charge in [-0.1, -0.05) is 63.8 Å². The number of aliphatic hydroxyl groups is 1. The molecule has 1 aliphatic heterocycles. The van der Waals surface area contributed by atoms with Gasteiger partial charge in [-0.05, 0) is 106 Å². The summed E-state index contributed by atoms with van der Waals surface area (Å²) in [5.74, 6) is 4.44. The molecule has 180 valence electrons. The van der Waals surface area contributed by atoms with Crippen LogP contribution in [0.4, 0.5) is 0 Å². The Bertz CT molecular complexity index is 795. The van der Waals surface area contributed by atoms with Crippen molar-refractivity contribution in [2.24, 2.45) is 40.9 Å². The van der Waals surface area contributed by atoms with E-state index in [1.165, 1.54) is 44.9 Å². The van der Waals surface area contributed by atoms with Crippen LogP contribution in [0.5, 0.6) is 0 Å². The highest BCUT2D eigenvalue weighted by Crippen LogP contribution is 2.63. The van der Waals surface area contributed by atoms with E-state index in [0.29, 0.717) is 23.4 Å². The summed E-state index contributed by atoms with van der Waals surface area (Å²) in [4.78, 5) is 0. The number of ether oxygens (including phenoxy) is 1. The lowest BCUT2D eigenvalue weighted by Gasteiger charge is -2.49. The highest BCUT2D eigenvalue weighted by Gasteiger charge is 2.56. The zero-order valence-corrected chi connectivity index (χ0v) is 21.6. The molecule has 0 aromatic carbocycles. The summed E-state index contributed by atoms with van der Waals surface area (Å²) in [7, 11) is 0. The van der Waals surface area contributed by atoms with E-state index in [1.54, 1.807) is 11.1 Å². The van der Waals surface area contributed by atoms with Crippen molar-refractivity contribution in [1.82, 2.24) is 0 Å². The van der Waals surface area contributed by atoms with Crippen LogP contribution < -0.4 is 0 Å². The Morgan fingerprint density at radius 1 is 1.19 bits per heavy atom. The number of aliphatic hydroxyl groups excluding tert-OH is 1. The maximum atomic E-state index is 10.3. The molecule has 5 rings (SSSR count). The first-order valence-corrected chi connectivity index (χ1v) is 13.9. The highest BCUT2D eigenvalue weighted by atomic mass is 16.5. The van der Waals surface area contributed by atoms with Crippen LogP contribution in [-0.2, 0) is 4.74 Å². The first kappa shape index (κ1) is 23.2. The van der Waals surface area contributed by atoms with Gasteiger partial charge in [0.15, 0.2) is 0 Å². The van der Waals surface area contributed by atoms with Gasteiger partial charge in [0.2, 0.25) is 0 Å². The van der Waals surface area contributed by atoms with E-state index >= 15 is 0 Å². The van der Waals surface area contributed by atoms with Crippen LogP contribution in [0.3, 0.4) is 0 Å². The molecular weight excluding hydrogens is 392 g/mol. The van der Waals surface area contributed by atoms with Crippen molar-refractivity contribution in [1.29, 1.82) is 0 Å². The van der Waals surface area contributed by atoms with Crippen LogP contribution in [0.25, 0.3) is 0 Å². The summed E-state index contributed by atoms with van der Waals surface area (Å²) >= 11 is 0. The van der Waals surface area contributed by atoms with Gasteiger partial charge in [0.05, 0.1) is 17.8 Å². The maximum Gasteiger partial charge on any atom is 0.0752 e. The lowest BCUT2D eigenvalue weighted by atomic mass is 9.56. The van der Waals surface area contributed by atoms with Gasteiger partial charge in [0.1, 0.15) is 0 Å². The van der Waals surface area contributed by atoms with Gasteiger partial charge in [0.25, 0.3) is 0 Å². The fourth-order valence-electron chi connectivity index (χ4n) is 8.90. The van der Waals surface area contributed by atoms with Crippen LogP contribution in [0, 0.1) is 40.9 Å². The summed E-state index contributed by atoms with van der Waals surface area (Å²) in [6.07, 6.45) is 14.7. The second-order valence-corrected chi connectivity index (χ2v) is 13.0. The zero-order valence-electron chi connectivity index (χ0n) is 21.6. The van der Waals surface area contributed by atoms with Crippen LogP contribution in [0.1, 0.15) is 106 Å². The number of hydrogen-bond acceptors (Lipinski definition) is 2. The minimum Gasteiger partial charge on any atom is -0.393 e. The largest absolute Gasteiger partial charge is 0.393 e. The molecule has 5 aliphatic rings. The fourth-order valence-corrected chi connectivity index (χ4v) is 8.90. The molecule has 4 aliphatic carbocycles. The monoisotopic (exact) mass is 440 g/mol. The lowest BCUT2D eigenvalue weighted by molar-refractivity contribution is -0.0704. The Hall–Kier alpha value is -0.600. The van der Waals surface area contributed by atoms with Crippen LogP contribution in [0.15, 0.2) is 22.8 Å². The number of hydrogen-bond donors (Lipinski definition) is 1. The van der Waals surface area contributed by atoms with Crippen molar-refractivity contribution in [3.05, 3.63) is 22.8 Å². The second kappa shape index (κ2) is 8.26. The Balaban J connectivity index is 1.39. The number of fused-ring (bicyclic) bond motifs is 5. The topological polar surface area (TPSA) is 29.5 Å². The molecule has 0 radical (unpaired) electrons. The molecule has 1 unspecified atom stereocenters. The summed E-state index contributed by atoms with van der Waals surface area (Å²) < 4.78 is 7.08. The molecule has 0 amide bonds. The van der Waals surface area contributed by atoms with Crippen molar-refractivity contribution in [3.8, 4) is 0 Å². The molecule has 0 aromatic rings. The van der Waals surface area contributed by atoms with Crippen molar-refractivity contribution < 1.29 is 9.84 Å². The van der Waals surface area contributed by atoms with Gasteiger partial charge < -0.3 is 9.84 Å². The predicted octanol–water partition coefficient (Wildman–Crippen LogP) is 7.47. The predicted molar refractivity (Wildman–Crippen MR) is 132 cm³/mol. The molecule has 1 saturated heterocycles. The SMILES string of the molecule is CC[C@@H](C)CC1O[C@]2(CC[C@@H]3C(=C(C)C2)C[C@H]2[C@H]3CC=C3C[C@@H](O)CC[C@@]32C)[C@H](C)[C@@H]1C. The summed E-state index contributed by atoms with van der Waals surface area (Å²) in [6.45, 7) is 14.7. The highest BCUT2D eigenvalue weighted by molar-refractivity contribution is 5.33. The second-order valence-electron chi connectivity index (χ2n) is 13.0. The summed E-state index contributed by atoms with van der Waals surface area (Å²) in [6, 6.07) is 0. The molecule has 0 bridgehead atoms. The molecule has 1 spiro atoms. The van der Waals surface area contributed by atoms with Gasteiger partial charge in [-0.15, -0.1) is 0 Å². The van der Waals surface area contributed by atoms with E-state index in [1.807, 2.05) is 5.57 Å². The van der Waals surface area contributed by atoms with Crippen molar-refractivity contribution in [3.63, 3.8) is 0 Å². The van der Waals surface area contributed by atoms with Crippen LogP contribution in [0.2, 0.25) is 0 Å². The molecule has 2 nitrogen and oxygen atoms in total. The summed E-state index contributed by atoms with van der Waals surface area (Å²) in [5, 5.41) is 10.3. The van der Waals surface area contributed by atoms with E-state index in [-0.39, 0.29) is 11.7 Å². The van der Waals surface area contributed by atoms with Crippen molar-refractivity contribution in [2.45, 2.75) is 124 Å². The third-order valence-corrected chi connectivity index (χ3v) is 11.5. The molecule has 0 aromatic heterocycles. The Kier molecular flexibility index (Phi) is 5.98. The number of allylic oxidation sites excluding steroid dienone is 2. The quantitative estimate of drug-likeness (QED) is 0.461. The van der Waals surface area contributed by atoms with E-state index in [0.717, 1.165) is 42.9 Å². The van der Waals surface area contributed by atoms with Crippen molar-refractivity contribution >= 4 is 0 Å². The minimum atomic E-state index is -0.107. The van der Waals surface area contributed by atoms with Gasteiger partial charge in [-0.3, -0.25) is 0 Å². The number of rotatable bonds is 3. The normalized spacial score (nSPS) is 49.3. The van der Waals surface area contributed by atoms with Gasteiger partial charge in [-0.2, -0.15) is 0 Å². The van der Waals surface area contributed by atoms with Crippen LogP contribution >= 0.6 is 0 Å². The van der Waals surface area contributed by atoms with E-state index in [4.69, 9.17) is 4.74 Å². The Morgan fingerprint density at radius 2 is 1.97 bits per heavy atom. The standard InChI is InChI=1S/C30H48O2/c1-7-18(2)14-28-20(4)21(5)30(32-28)13-11-24-25-9-8-22-15-23(31)10-12-29(22,6)27(25)16-26(24)19(3)17-30/h8,18,20-21,23-25,27-28,31H,7,9-17H2,1-6H3/t18-,20+,21-,23+,24+,25+,27+,28?,29+,30+/m1/s1. The Labute approximate surface area is 197 Å². The van der Waals surface area contributed by atoms with E-state index < -0.39 is 0 Å². The first-order chi connectivity index (χ1) is 15.2. The molecule has 10 atom stereocenters. The third kappa shape index (κ3) is 3.49. The van der Waals surface area contributed by atoms with E-state index in [2.05, 4.69) is 47.6 Å². The molecule has 1 heterocycles. The average Bonchev–Trinajstić information content (AvgIpc) is 3.20. The molecule has 32 heavy (non-hydrogen) atoms. The van der Waals surface area contributed by atoms with Crippen molar-refractivity contribution in [2.75, 3.05) is 0 Å². The molecule has 2 saturated carbocycles. The maximum absolute atomic E-state index is 10.3. The fraction of sp³-hybridized carbons (Fsp3) is 0.867. The van der Waals surface area contributed by atoms with Gasteiger partial charge >= 0.3 is 0 Å². The molecule has 1 N–H and O–H groups in total. The average molecular weight is 441 g/mol. The third-order valence-electron chi connectivity index (χ3n) is 11.5. The molecule has 2 heteroatoms. The zero-order chi connectivity index (χ0) is 22.8. The van der Waals surface area contributed by atoms with E-state index in [9.17, 15) is 5.11 Å². The minimum absolute atomic E-state index is 0.0724.